The van der Waals surface area contributed by atoms with Gasteiger partial charge in [-0.2, -0.15) is 0 Å². The highest BCUT2D eigenvalue weighted by molar-refractivity contribution is 7.92. The number of carbonyl (C=O) groups is 2. The van der Waals surface area contributed by atoms with Crippen LogP contribution in [0.5, 0.6) is 0 Å². The van der Waals surface area contributed by atoms with Crippen LogP contribution in [0.4, 0.5) is 10.1 Å². The van der Waals surface area contributed by atoms with Crippen molar-refractivity contribution in [2.45, 2.75) is 64.1 Å². The third-order valence-corrected chi connectivity index (χ3v) is 8.84. The van der Waals surface area contributed by atoms with Crippen molar-refractivity contribution in [1.29, 1.82) is 0 Å². The lowest BCUT2D eigenvalue weighted by Crippen LogP contribution is -2.53. The van der Waals surface area contributed by atoms with Crippen LogP contribution in [-0.4, -0.2) is 43.8 Å². The first-order valence-corrected chi connectivity index (χ1v) is 15.0. The smallest absolute Gasteiger partial charge is 0.264 e. The van der Waals surface area contributed by atoms with Gasteiger partial charge in [0, 0.05) is 17.6 Å². The summed E-state index contributed by atoms with van der Waals surface area (Å²) < 4.78 is 42.3. The van der Waals surface area contributed by atoms with Crippen LogP contribution in [0.1, 0.15) is 44.7 Å². The summed E-state index contributed by atoms with van der Waals surface area (Å²) in [6, 6.07) is 17.1. The van der Waals surface area contributed by atoms with Crippen molar-refractivity contribution in [1.82, 2.24) is 10.2 Å². The van der Waals surface area contributed by atoms with Gasteiger partial charge in [0.05, 0.1) is 10.6 Å². The maximum absolute atomic E-state index is 14.0. The minimum absolute atomic E-state index is 0.00717. The van der Waals surface area contributed by atoms with E-state index in [9.17, 15) is 22.4 Å². The van der Waals surface area contributed by atoms with Gasteiger partial charge in [-0.3, -0.25) is 13.9 Å². The van der Waals surface area contributed by atoms with Gasteiger partial charge in [0.25, 0.3) is 10.0 Å². The number of sulfonamides is 1. The Morgan fingerprint density at radius 3 is 2.15 bits per heavy atom. The summed E-state index contributed by atoms with van der Waals surface area (Å²) in [5.74, 6) is -1.49. The first-order chi connectivity index (χ1) is 19.0. The lowest BCUT2D eigenvalue weighted by molar-refractivity contribution is -0.140. The Bertz CT molecular complexity index is 1420. The molecule has 3 aromatic rings. The summed E-state index contributed by atoms with van der Waals surface area (Å²) in [5.41, 5.74) is 1.60. The topological polar surface area (TPSA) is 86.8 Å². The molecule has 2 amide bonds. The highest BCUT2D eigenvalue weighted by atomic mass is 35.5. The summed E-state index contributed by atoms with van der Waals surface area (Å²) in [6.07, 6.45) is 0.994. The molecule has 0 radical (unpaired) electrons. The zero-order valence-electron chi connectivity index (χ0n) is 23.1. The van der Waals surface area contributed by atoms with Crippen LogP contribution in [0.3, 0.4) is 0 Å². The number of rotatable bonds is 12. The Labute approximate surface area is 241 Å². The molecule has 0 bridgehead atoms. The van der Waals surface area contributed by atoms with Crippen LogP contribution >= 0.6 is 11.6 Å². The van der Waals surface area contributed by atoms with Gasteiger partial charge in [0.15, 0.2) is 0 Å². The van der Waals surface area contributed by atoms with Gasteiger partial charge in [-0.05, 0) is 74.7 Å². The zero-order chi connectivity index (χ0) is 29.4. The van der Waals surface area contributed by atoms with E-state index in [-0.39, 0.29) is 29.1 Å². The summed E-state index contributed by atoms with van der Waals surface area (Å²) in [4.78, 5) is 28.7. The van der Waals surface area contributed by atoms with Crippen molar-refractivity contribution in [2.75, 3.05) is 10.8 Å². The second kappa shape index (κ2) is 13.8. The van der Waals surface area contributed by atoms with E-state index in [1.807, 2.05) is 20.8 Å². The molecule has 0 aliphatic carbocycles. The predicted molar refractivity (Wildman–Crippen MR) is 156 cm³/mol. The lowest BCUT2D eigenvalue weighted by Gasteiger charge is -2.34. The summed E-state index contributed by atoms with van der Waals surface area (Å²) in [7, 11) is -4.23. The second-order valence-corrected chi connectivity index (χ2v) is 11.9. The number of carbonyl (C=O) groups excluding carboxylic acids is 2. The lowest BCUT2D eigenvalue weighted by atomic mass is 10.1. The molecule has 0 saturated heterocycles. The van der Waals surface area contributed by atoms with E-state index in [1.54, 1.807) is 43.3 Å². The quantitative estimate of drug-likeness (QED) is 0.294. The fraction of sp³-hybridized carbons (Fsp3) is 0.333. The number of nitrogens with one attached hydrogen (secondary N) is 1. The van der Waals surface area contributed by atoms with Gasteiger partial charge in [-0.15, -0.1) is 0 Å². The molecule has 0 aliphatic heterocycles. The molecule has 40 heavy (non-hydrogen) atoms. The van der Waals surface area contributed by atoms with Crippen molar-refractivity contribution in [3.05, 3.63) is 94.8 Å². The fourth-order valence-electron chi connectivity index (χ4n) is 4.14. The van der Waals surface area contributed by atoms with Crippen molar-refractivity contribution in [3.8, 4) is 0 Å². The maximum atomic E-state index is 14.0. The summed E-state index contributed by atoms with van der Waals surface area (Å²) in [5, 5.41) is 3.35. The van der Waals surface area contributed by atoms with Gasteiger partial charge < -0.3 is 10.2 Å². The second-order valence-electron chi connectivity index (χ2n) is 9.66. The van der Waals surface area contributed by atoms with E-state index in [0.29, 0.717) is 23.4 Å². The van der Waals surface area contributed by atoms with Crippen LogP contribution in [-0.2, 0) is 26.2 Å². The largest absolute Gasteiger partial charge is 0.352 e. The fourth-order valence-corrected chi connectivity index (χ4v) is 5.75. The number of amides is 2. The molecule has 214 valence electrons. The number of hydrogen-bond acceptors (Lipinski definition) is 4. The number of anilines is 1. The minimum Gasteiger partial charge on any atom is -0.352 e. The van der Waals surface area contributed by atoms with E-state index in [4.69, 9.17) is 11.6 Å². The molecule has 0 saturated carbocycles. The van der Waals surface area contributed by atoms with E-state index in [2.05, 4.69) is 5.32 Å². The molecule has 0 aliphatic rings. The Morgan fingerprint density at radius 1 is 0.950 bits per heavy atom. The molecular weight excluding hydrogens is 553 g/mol. The van der Waals surface area contributed by atoms with Gasteiger partial charge in [0.1, 0.15) is 18.4 Å². The Morgan fingerprint density at radius 2 is 1.57 bits per heavy atom. The molecule has 10 heteroatoms. The van der Waals surface area contributed by atoms with Gasteiger partial charge in [0.2, 0.25) is 11.8 Å². The molecule has 3 rings (SSSR count). The molecule has 3 aromatic carbocycles. The SMILES string of the molecule is CC[C@H](C)NC(=O)[C@H](CC)N(Cc1ccccc1Cl)C(=O)CN(c1ccc(F)cc1)S(=O)(=O)c1ccc(C)cc1. The number of benzene rings is 3. The van der Waals surface area contributed by atoms with Gasteiger partial charge in [-0.1, -0.05) is 61.3 Å². The molecule has 0 heterocycles. The predicted octanol–water partition coefficient (Wildman–Crippen LogP) is 5.70. The first kappa shape index (κ1) is 31.1. The summed E-state index contributed by atoms with van der Waals surface area (Å²) >= 11 is 6.41. The van der Waals surface area contributed by atoms with Crippen molar-refractivity contribution < 1.29 is 22.4 Å². The zero-order valence-corrected chi connectivity index (χ0v) is 24.7. The van der Waals surface area contributed by atoms with Crippen LogP contribution < -0.4 is 9.62 Å². The maximum Gasteiger partial charge on any atom is 0.264 e. The van der Waals surface area contributed by atoms with E-state index in [0.717, 1.165) is 22.0 Å². The number of nitrogens with zero attached hydrogens (tertiary/aromatic N) is 2. The number of hydrogen-bond donors (Lipinski definition) is 1. The average Bonchev–Trinajstić information content (AvgIpc) is 2.93. The van der Waals surface area contributed by atoms with E-state index < -0.39 is 34.3 Å². The minimum atomic E-state index is -4.23. The van der Waals surface area contributed by atoms with Crippen molar-refractivity contribution >= 4 is 39.1 Å². The standard InChI is InChI=1S/C30H35ClFN3O4S/c1-5-22(4)33-30(37)28(6-2)34(19-23-9-7-8-10-27(23)31)29(36)20-35(25-15-13-24(32)14-16-25)40(38,39)26-17-11-21(3)12-18-26/h7-18,22,28H,5-6,19-20H2,1-4H3,(H,33,37)/t22-,28-/m0/s1. The average molecular weight is 588 g/mol. The molecule has 0 unspecified atom stereocenters. The Hall–Kier alpha value is -3.43. The molecule has 7 nitrogen and oxygen atoms in total. The number of halogens is 2. The molecule has 0 fully saturated rings. The highest BCUT2D eigenvalue weighted by Crippen LogP contribution is 2.26. The Balaban J connectivity index is 2.06. The van der Waals surface area contributed by atoms with Crippen LogP contribution in [0.15, 0.2) is 77.7 Å². The molecule has 0 aromatic heterocycles. The highest BCUT2D eigenvalue weighted by Gasteiger charge is 2.34. The molecule has 1 N–H and O–H groups in total. The van der Waals surface area contributed by atoms with E-state index in [1.165, 1.54) is 29.2 Å². The summed E-state index contributed by atoms with van der Waals surface area (Å²) in [6.45, 7) is 6.81. The Kier molecular flexibility index (Phi) is 10.7. The molecular formula is C30H35ClFN3O4S. The molecule has 2 atom stereocenters. The molecule has 0 spiro atoms. The third-order valence-electron chi connectivity index (χ3n) is 6.69. The first-order valence-electron chi connectivity index (χ1n) is 13.2. The third kappa shape index (κ3) is 7.61. The van der Waals surface area contributed by atoms with E-state index >= 15 is 0 Å². The van der Waals surface area contributed by atoms with Crippen LogP contribution in [0.2, 0.25) is 5.02 Å². The van der Waals surface area contributed by atoms with Crippen molar-refractivity contribution in [2.24, 2.45) is 0 Å². The van der Waals surface area contributed by atoms with Crippen molar-refractivity contribution in [3.63, 3.8) is 0 Å². The van der Waals surface area contributed by atoms with Crippen LogP contribution in [0, 0.1) is 12.7 Å². The van der Waals surface area contributed by atoms with Gasteiger partial charge >= 0.3 is 0 Å². The number of aryl methyl sites for hydroxylation is 1. The van der Waals surface area contributed by atoms with Crippen LogP contribution in [0.25, 0.3) is 0 Å². The normalized spacial score (nSPS) is 12.8. The van der Waals surface area contributed by atoms with Gasteiger partial charge in [-0.25, -0.2) is 12.8 Å². The monoisotopic (exact) mass is 587 g/mol.